The van der Waals surface area contributed by atoms with Crippen LogP contribution in [0.25, 0.3) is 5.70 Å². The molecule has 0 bridgehead atoms. The van der Waals surface area contributed by atoms with E-state index in [-0.39, 0.29) is 23.8 Å². The van der Waals surface area contributed by atoms with Crippen molar-refractivity contribution in [1.29, 1.82) is 5.26 Å². The van der Waals surface area contributed by atoms with Crippen LogP contribution in [-0.4, -0.2) is 5.78 Å². The second-order valence-electron chi connectivity index (χ2n) is 5.23. The second kappa shape index (κ2) is 6.66. The number of nitrogens with one attached hydrogen (secondary N) is 2. The normalized spacial score (nSPS) is 18.1. The maximum atomic E-state index is 12.5. The third-order valence-corrected chi connectivity index (χ3v) is 3.99. The number of ketones is 1. The molecule has 0 aliphatic carbocycles. The van der Waals surface area contributed by atoms with Crippen molar-refractivity contribution in [3.05, 3.63) is 76.3 Å². The fourth-order valence-electron chi connectivity index (χ4n) is 2.54. The molecule has 5 heteroatoms. The molecule has 1 unspecified atom stereocenters. The number of hydrogen-bond donors (Lipinski definition) is 2. The van der Waals surface area contributed by atoms with Crippen LogP contribution in [0.15, 0.2) is 60.2 Å². The van der Waals surface area contributed by atoms with E-state index in [0.717, 1.165) is 11.1 Å². The molecule has 4 nitrogen and oxygen atoms in total. The van der Waals surface area contributed by atoms with E-state index in [1.54, 1.807) is 12.1 Å². The summed E-state index contributed by atoms with van der Waals surface area (Å²) >= 11 is 5.91. The molecule has 3 rings (SSSR count). The van der Waals surface area contributed by atoms with Gasteiger partial charge in [0.15, 0.2) is 5.78 Å². The van der Waals surface area contributed by atoms with Crippen molar-refractivity contribution in [3.8, 4) is 6.07 Å². The molecule has 1 aliphatic heterocycles. The first kappa shape index (κ1) is 15.3. The quantitative estimate of drug-likeness (QED) is 0.889. The van der Waals surface area contributed by atoms with Crippen LogP contribution < -0.4 is 10.9 Å². The second-order valence-corrected chi connectivity index (χ2v) is 5.67. The molecule has 0 amide bonds. The van der Waals surface area contributed by atoms with Crippen LogP contribution in [0, 0.1) is 11.3 Å². The van der Waals surface area contributed by atoms with E-state index in [0.29, 0.717) is 10.7 Å². The molecule has 1 aliphatic rings. The lowest BCUT2D eigenvalue weighted by Gasteiger charge is -2.17. The minimum atomic E-state index is -0.232. The van der Waals surface area contributed by atoms with Crippen molar-refractivity contribution < 1.29 is 4.79 Å². The van der Waals surface area contributed by atoms with E-state index < -0.39 is 0 Å². The summed E-state index contributed by atoms with van der Waals surface area (Å²) in [7, 11) is 0. The van der Waals surface area contributed by atoms with Gasteiger partial charge >= 0.3 is 0 Å². The standard InChI is InChI=1S/C18H14ClN3O/c19-14-8-6-12(7-9-14)16-10-17(23)15(11-20)18(22-21-16)13-4-2-1-3-5-13/h1-9,16,21-22H,10H2. The third kappa shape index (κ3) is 3.26. The topological polar surface area (TPSA) is 64.9 Å². The molecular formula is C18H14ClN3O. The number of allylic oxidation sites excluding steroid dienone is 1. The van der Waals surface area contributed by atoms with Crippen molar-refractivity contribution in [2.45, 2.75) is 12.5 Å². The number of halogens is 1. The number of nitriles is 1. The van der Waals surface area contributed by atoms with Crippen LogP contribution in [-0.2, 0) is 4.79 Å². The Bertz CT molecular complexity index is 791. The first-order valence-corrected chi connectivity index (χ1v) is 7.57. The predicted molar refractivity (Wildman–Crippen MR) is 89.1 cm³/mol. The Labute approximate surface area is 139 Å². The van der Waals surface area contributed by atoms with Crippen molar-refractivity contribution in [3.63, 3.8) is 0 Å². The van der Waals surface area contributed by atoms with E-state index in [2.05, 4.69) is 10.9 Å². The number of benzene rings is 2. The molecule has 2 aromatic carbocycles. The van der Waals surface area contributed by atoms with Gasteiger partial charge in [-0.05, 0) is 17.7 Å². The zero-order valence-corrected chi connectivity index (χ0v) is 13.0. The van der Waals surface area contributed by atoms with Gasteiger partial charge in [0.1, 0.15) is 11.6 Å². The van der Waals surface area contributed by atoms with Crippen LogP contribution in [0.2, 0.25) is 5.02 Å². The fourth-order valence-corrected chi connectivity index (χ4v) is 2.66. The highest BCUT2D eigenvalue weighted by Crippen LogP contribution is 2.26. The van der Waals surface area contributed by atoms with Crippen molar-refractivity contribution in [2.24, 2.45) is 0 Å². The number of rotatable bonds is 2. The lowest BCUT2D eigenvalue weighted by molar-refractivity contribution is -0.115. The Morgan fingerprint density at radius 1 is 1.09 bits per heavy atom. The van der Waals surface area contributed by atoms with Gasteiger partial charge in [0.05, 0.1) is 11.7 Å². The minimum Gasteiger partial charge on any atom is -0.319 e. The van der Waals surface area contributed by atoms with Crippen LogP contribution >= 0.6 is 11.6 Å². The van der Waals surface area contributed by atoms with Crippen LogP contribution in [0.4, 0.5) is 0 Å². The summed E-state index contributed by atoms with van der Waals surface area (Å²) in [6.07, 6.45) is 0.202. The fraction of sp³-hybridized carbons (Fsp3) is 0.111. The molecule has 114 valence electrons. The van der Waals surface area contributed by atoms with Gasteiger partial charge in [-0.2, -0.15) is 5.26 Å². The first-order chi connectivity index (χ1) is 11.2. The molecule has 0 saturated carbocycles. The summed E-state index contributed by atoms with van der Waals surface area (Å²) in [5, 5.41) is 10.0. The maximum Gasteiger partial charge on any atom is 0.177 e. The molecule has 1 atom stereocenters. The smallest absolute Gasteiger partial charge is 0.177 e. The van der Waals surface area contributed by atoms with Gasteiger partial charge in [0.2, 0.25) is 0 Å². The molecule has 1 heterocycles. The van der Waals surface area contributed by atoms with Gasteiger partial charge in [0, 0.05) is 17.0 Å². The zero-order valence-electron chi connectivity index (χ0n) is 12.2. The average molecular weight is 324 g/mol. The largest absolute Gasteiger partial charge is 0.319 e. The average Bonchev–Trinajstić information content (AvgIpc) is 2.75. The summed E-state index contributed by atoms with van der Waals surface area (Å²) in [5.74, 6) is -0.191. The number of nitrogens with zero attached hydrogens (tertiary/aromatic N) is 1. The van der Waals surface area contributed by atoms with Crippen molar-refractivity contribution in [1.82, 2.24) is 10.9 Å². The van der Waals surface area contributed by atoms with Crippen molar-refractivity contribution >= 4 is 23.1 Å². The number of carbonyl (C=O) groups excluding carboxylic acids is 1. The van der Waals surface area contributed by atoms with E-state index >= 15 is 0 Å². The first-order valence-electron chi connectivity index (χ1n) is 7.19. The number of carbonyl (C=O) groups is 1. The van der Waals surface area contributed by atoms with Gasteiger partial charge in [-0.15, -0.1) is 0 Å². The molecule has 0 aromatic heterocycles. The van der Waals surface area contributed by atoms with Gasteiger partial charge in [-0.25, -0.2) is 5.43 Å². The molecular weight excluding hydrogens is 310 g/mol. The summed E-state index contributed by atoms with van der Waals surface area (Å²) in [6, 6.07) is 18.4. The van der Waals surface area contributed by atoms with Crippen LogP contribution in [0.3, 0.4) is 0 Å². The van der Waals surface area contributed by atoms with E-state index in [4.69, 9.17) is 11.6 Å². The number of hydrazine groups is 1. The van der Waals surface area contributed by atoms with Gasteiger partial charge in [-0.1, -0.05) is 54.1 Å². The Hall–Kier alpha value is -2.61. The minimum absolute atomic E-state index is 0.139. The Balaban J connectivity index is 1.93. The van der Waals surface area contributed by atoms with Crippen LogP contribution in [0.5, 0.6) is 0 Å². The number of hydrogen-bond acceptors (Lipinski definition) is 4. The Morgan fingerprint density at radius 2 is 1.78 bits per heavy atom. The highest BCUT2D eigenvalue weighted by molar-refractivity contribution is 6.30. The molecule has 2 N–H and O–H groups in total. The van der Waals surface area contributed by atoms with E-state index in [1.165, 1.54) is 0 Å². The lowest BCUT2D eigenvalue weighted by Crippen LogP contribution is -2.33. The van der Waals surface area contributed by atoms with Crippen molar-refractivity contribution in [2.75, 3.05) is 0 Å². The van der Waals surface area contributed by atoms with Gasteiger partial charge < -0.3 is 5.43 Å². The zero-order chi connectivity index (χ0) is 16.2. The van der Waals surface area contributed by atoms with Crippen LogP contribution in [0.1, 0.15) is 23.6 Å². The molecule has 0 radical (unpaired) electrons. The number of Topliss-reactive ketones (excluding diaryl/α,β-unsaturated/α-hetero) is 1. The summed E-state index contributed by atoms with van der Waals surface area (Å²) < 4.78 is 0. The molecule has 0 saturated heterocycles. The summed E-state index contributed by atoms with van der Waals surface area (Å²) in [4.78, 5) is 12.5. The molecule has 2 aromatic rings. The summed E-state index contributed by atoms with van der Waals surface area (Å²) in [5.41, 5.74) is 8.56. The predicted octanol–water partition coefficient (Wildman–Crippen LogP) is 3.38. The van der Waals surface area contributed by atoms with E-state index in [9.17, 15) is 10.1 Å². The Morgan fingerprint density at radius 3 is 2.43 bits per heavy atom. The third-order valence-electron chi connectivity index (χ3n) is 3.74. The highest BCUT2D eigenvalue weighted by atomic mass is 35.5. The summed E-state index contributed by atoms with van der Waals surface area (Å²) in [6.45, 7) is 0. The van der Waals surface area contributed by atoms with E-state index in [1.807, 2.05) is 48.5 Å². The maximum absolute atomic E-state index is 12.5. The van der Waals surface area contributed by atoms with Gasteiger partial charge in [0.25, 0.3) is 0 Å². The molecule has 23 heavy (non-hydrogen) atoms. The lowest BCUT2D eigenvalue weighted by atomic mass is 9.97. The van der Waals surface area contributed by atoms with Gasteiger partial charge in [-0.3, -0.25) is 4.79 Å². The highest BCUT2D eigenvalue weighted by Gasteiger charge is 2.26. The molecule has 0 fully saturated rings. The monoisotopic (exact) mass is 323 g/mol. The Kier molecular flexibility index (Phi) is 4.42. The molecule has 0 spiro atoms. The SMILES string of the molecule is N#CC1=C(c2ccccc2)NNC(c2ccc(Cl)cc2)CC1=O.